The van der Waals surface area contributed by atoms with Crippen LogP contribution in [0.3, 0.4) is 0 Å². The first-order chi connectivity index (χ1) is 9.93. The van der Waals surface area contributed by atoms with E-state index < -0.39 is 20.5 Å². The highest BCUT2D eigenvalue weighted by molar-refractivity contribution is 7.89. The predicted octanol–water partition coefficient (Wildman–Crippen LogP) is -0.0423. The van der Waals surface area contributed by atoms with Gasteiger partial charge in [0.2, 0.25) is 10.0 Å². The normalized spacial score (nSPS) is 21.9. The van der Waals surface area contributed by atoms with E-state index in [2.05, 4.69) is 5.32 Å². The van der Waals surface area contributed by atoms with Gasteiger partial charge in [-0.15, -0.1) is 0 Å². The molecule has 1 aromatic rings. The van der Waals surface area contributed by atoms with Crippen LogP contribution in [0.2, 0.25) is 0 Å². The number of nitrogens with zero attached hydrogens (tertiary/aromatic N) is 2. The van der Waals surface area contributed by atoms with E-state index in [4.69, 9.17) is 4.74 Å². The minimum atomic E-state index is -3.65. The van der Waals surface area contributed by atoms with E-state index in [9.17, 15) is 18.5 Å². The standard InChI is InChI=1S/C12H15N3O5S/c16-15(17)10-1-3-11(4-2-10)21(18,19)14-5-6-20-12(9-14)7-13-8-12/h1-4,13H,5-9H2. The highest BCUT2D eigenvalue weighted by Gasteiger charge is 2.45. The minimum Gasteiger partial charge on any atom is -0.370 e. The van der Waals surface area contributed by atoms with Crippen molar-refractivity contribution in [3.63, 3.8) is 0 Å². The van der Waals surface area contributed by atoms with Gasteiger partial charge in [0.25, 0.3) is 5.69 Å². The molecule has 0 bridgehead atoms. The Morgan fingerprint density at radius 3 is 2.48 bits per heavy atom. The van der Waals surface area contributed by atoms with Crippen LogP contribution in [-0.2, 0) is 14.8 Å². The molecule has 0 unspecified atom stereocenters. The van der Waals surface area contributed by atoms with Crippen molar-refractivity contribution in [2.45, 2.75) is 10.5 Å². The van der Waals surface area contributed by atoms with Crippen molar-refractivity contribution in [2.24, 2.45) is 0 Å². The van der Waals surface area contributed by atoms with E-state index in [1.807, 2.05) is 0 Å². The van der Waals surface area contributed by atoms with Gasteiger partial charge < -0.3 is 10.1 Å². The molecule has 114 valence electrons. The highest BCUT2D eigenvalue weighted by atomic mass is 32.2. The largest absolute Gasteiger partial charge is 0.370 e. The van der Waals surface area contributed by atoms with Crippen LogP contribution in [0.1, 0.15) is 0 Å². The van der Waals surface area contributed by atoms with Crippen molar-refractivity contribution in [1.82, 2.24) is 9.62 Å². The topological polar surface area (TPSA) is 102 Å². The molecule has 0 aromatic heterocycles. The summed E-state index contributed by atoms with van der Waals surface area (Å²) < 4.78 is 32.2. The summed E-state index contributed by atoms with van der Waals surface area (Å²) in [6.07, 6.45) is 0. The number of nitro groups is 1. The molecule has 2 heterocycles. The molecule has 1 spiro atoms. The Bertz CT molecular complexity index is 654. The summed E-state index contributed by atoms with van der Waals surface area (Å²) >= 11 is 0. The molecule has 0 atom stereocenters. The van der Waals surface area contributed by atoms with Gasteiger partial charge in [-0.25, -0.2) is 8.42 Å². The third-order valence-electron chi connectivity index (χ3n) is 3.79. The van der Waals surface area contributed by atoms with E-state index in [-0.39, 0.29) is 10.6 Å². The van der Waals surface area contributed by atoms with Gasteiger partial charge in [0, 0.05) is 38.3 Å². The molecule has 3 rings (SSSR count). The number of benzene rings is 1. The van der Waals surface area contributed by atoms with Crippen molar-refractivity contribution in [3.05, 3.63) is 34.4 Å². The maximum Gasteiger partial charge on any atom is 0.269 e. The fraction of sp³-hybridized carbons (Fsp3) is 0.500. The van der Waals surface area contributed by atoms with E-state index in [1.165, 1.54) is 28.6 Å². The Balaban J connectivity index is 1.84. The smallest absolute Gasteiger partial charge is 0.269 e. The molecule has 21 heavy (non-hydrogen) atoms. The number of sulfonamides is 1. The molecule has 2 aliphatic heterocycles. The molecule has 0 amide bonds. The molecule has 1 N–H and O–H groups in total. The zero-order valence-electron chi connectivity index (χ0n) is 11.2. The zero-order chi connectivity index (χ0) is 15.1. The summed E-state index contributed by atoms with van der Waals surface area (Å²) in [4.78, 5) is 10.1. The molecular weight excluding hydrogens is 298 g/mol. The molecule has 0 radical (unpaired) electrons. The molecule has 1 aromatic carbocycles. The summed E-state index contributed by atoms with van der Waals surface area (Å²) in [5.41, 5.74) is -0.554. The lowest BCUT2D eigenvalue weighted by Gasteiger charge is -2.48. The first-order valence-electron chi connectivity index (χ1n) is 6.52. The van der Waals surface area contributed by atoms with E-state index >= 15 is 0 Å². The third kappa shape index (κ3) is 2.53. The van der Waals surface area contributed by atoms with Gasteiger partial charge in [-0.3, -0.25) is 10.1 Å². The quantitative estimate of drug-likeness (QED) is 0.620. The van der Waals surface area contributed by atoms with Gasteiger partial charge in [0.1, 0.15) is 5.60 Å². The second-order valence-electron chi connectivity index (χ2n) is 5.22. The van der Waals surface area contributed by atoms with Gasteiger partial charge in [-0.1, -0.05) is 0 Å². The van der Waals surface area contributed by atoms with Gasteiger partial charge in [0.15, 0.2) is 0 Å². The first-order valence-corrected chi connectivity index (χ1v) is 7.96. The van der Waals surface area contributed by atoms with Crippen LogP contribution in [0.5, 0.6) is 0 Å². The Hall–Kier alpha value is -1.55. The molecule has 2 aliphatic rings. The molecule has 0 aliphatic carbocycles. The van der Waals surface area contributed by atoms with Crippen LogP contribution in [0.4, 0.5) is 5.69 Å². The number of hydrogen-bond acceptors (Lipinski definition) is 6. The molecular formula is C12H15N3O5S. The van der Waals surface area contributed by atoms with Crippen LogP contribution < -0.4 is 5.32 Å². The molecule has 0 saturated carbocycles. The predicted molar refractivity (Wildman–Crippen MR) is 73.4 cm³/mol. The lowest BCUT2D eigenvalue weighted by atomic mass is 9.96. The van der Waals surface area contributed by atoms with Crippen LogP contribution in [0.15, 0.2) is 29.2 Å². The summed E-state index contributed by atoms with van der Waals surface area (Å²) in [6, 6.07) is 4.95. The number of morpholine rings is 1. The molecule has 2 fully saturated rings. The summed E-state index contributed by atoms with van der Waals surface area (Å²) in [6.45, 7) is 2.23. The van der Waals surface area contributed by atoms with Crippen LogP contribution in [0.25, 0.3) is 0 Å². The van der Waals surface area contributed by atoms with Crippen LogP contribution >= 0.6 is 0 Å². The van der Waals surface area contributed by atoms with E-state index in [0.29, 0.717) is 32.8 Å². The zero-order valence-corrected chi connectivity index (χ0v) is 12.0. The fourth-order valence-corrected chi connectivity index (χ4v) is 4.02. The Morgan fingerprint density at radius 1 is 1.29 bits per heavy atom. The Labute approximate surface area is 121 Å². The van der Waals surface area contributed by atoms with Crippen molar-refractivity contribution in [3.8, 4) is 0 Å². The van der Waals surface area contributed by atoms with Gasteiger partial charge in [-0.2, -0.15) is 4.31 Å². The van der Waals surface area contributed by atoms with E-state index in [1.54, 1.807) is 0 Å². The number of nitro benzene ring substituents is 1. The van der Waals surface area contributed by atoms with Crippen LogP contribution in [-0.4, -0.2) is 56.0 Å². The molecule has 9 heteroatoms. The van der Waals surface area contributed by atoms with Gasteiger partial charge >= 0.3 is 0 Å². The summed E-state index contributed by atoms with van der Waals surface area (Å²) in [5.74, 6) is 0. The summed E-state index contributed by atoms with van der Waals surface area (Å²) in [7, 11) is -3.65. The van der Waals surface area contributed by atoms with Gasteiger partial charge in [-0.05, 0) is 12.1 Å². The molecule has 2 saturated heterocycles. The number of hydrogen-bond donors (Lipinski definition) is 1. The Kier molecular flexibility index (Phi) is 3.44. The minimum absolute atomic E-state index is 0.0671. The second kappa shape index (κ2) is 5.02. The maximum atomic E-state index is 12.6. The van der Waals surface area contributed by atoms with Crippen molar-refractivity contribution in [1.29, 1.82) is 0 Å². The van der Waals surface area contributed by atoms with Crippen molar-refractivity contribution < 1.29 is 18.1 Å². The fourth-order valence-electron chi connectivity index (χ4n) is 2.52. The average Bonchev–Trinajstić information content (AvgIpc) is 2.46. The third-order valence-corrected chi connectivity index (χ3v) is 5.65. The SMILES string of the molecule is O=[N+]([O-])c1ccc(S(=O)(=O)N2CCOC3(CNC3)C2)cc1. The molecule has 8 nitrogen and oxygen atoms in total. The number of nitrogens with one attached hydrogen (secondary N) is 1. The van der Waals surface area contributed by atoms with E-state index in [0.717, 1.165) is 0 Å². The number of ether oxygens (including phenoxy) is 1. The maximum absolute atomic E-state index is 12.6. The number of non-ortho nitro benzene ring substituents is 1. The lowest BCUT2D eigenvalue weighted by Crippen LogP contribution is -2.69. The Morgan fingerprint density at radius 2 is 1.95 bits per heavy atom. The van der Waals surface area contributed by atoms with Crippen molar-refractivity contribution in [2.75, 3.05) is 32.8 Å². The van der Waals surface area contributed by atoms with Crippen molar-refractivity contribution >= 4 is 15.7 Å². The lowest BCUT2D eigenvalue weighted by molar-refractivity contribution is -0.384. The second-order valence-corrected chi connectivity index (χ2v) is 7.16. The monoisotopic (exact) mass is 313 g/mol. The van der Waals surface area contributed by atoms with Crippen LogP contribution in [0, 0.1) is 10.1 Å². The summed E-state index contributed by atoms with van der Waals surface area (Å²) in [5, 5.41) is 13.7. The highest BCUT2D eigenvalue weighted by Crippen LogP contribution is 2.27. The average molecular weight is 313 g/mol. The van der Waals surface area contributed by atoms with Gasteiger partial charge in [0.05, 0.1) is 16.4 Å². The number of rotatable bonds is 3. The first kappa shape index (κ1) is 14.4.